The summed E-state index contributed by atoms with van der Waals surface area (Å²) in [5.74, 6) is 1.26. The Balaban J connectivity index is 0.000000171. The fourth-order valence-corrected chi connectivity index (χ4v) is 6.54. The van der Waals surface area contributed by atoms with E-state index in [0.29, 0.717) is 30.2 Å². The molecule has 3 N–H and O–H groups in total. The number of hydrogen-bond acceptors (Lipinski definition) is 12. The van der Waals surface area contributed by atoms with E-state index in [4.69, 9.17) is 36.3 Å². The summed E-state index contributed by atoms with van der Waals surface area (Å²) in [6, 6.07) is 34.5. The van der Waals surface area contributed by atoms with Gasteiger partial charge >= 0.3 is 11.9 Å². The van der Waals surface area contributed by atoms with Gasteiger partial charge in [0.15, 0.2) is 0 Å². The lowest BCUT2D eigenvalue weighted by Gasteiger charge is -2.12. The molecular weight excluding hydrogens is 792 g/mol. The van der Waals surface area contributed by atoms with E-state index in [9.17, 15) is 9.59 Å². The number of aromatic nitrogens is 4. The van der Waals surface area contributed by atoms with Crippen molar-refractivity contribution in [3.05, 3.63) is 163 Å². The highest BCUT2D eigenvalue weighted by atomic mass is 35.5. The van der Waals surface area contributed by atoms with E-state index in [1.54, 1.807) is 70.9 Å². The quantitative estimate of drug-likeness (QED) is 0.0763. The molecule has 0 amide bonds. The lowest BCUT2D eigenvalue weighted by atomic mass is 9.98. The van der Waals surface area contributed by atoms with Crippen LogP contribution in [0.1, 0.15) is 34.6 Å². The number of nitrogens with one attached hydrogen (secondary N) is 1. The Hall–Kier alpha value is -7.57. The number of fused-ring (bicyclic) bond motifs is 2. The molecule has 12 nitrogen and oxygen atoms in total. The van der Waals surface area contributed by atoms with E-state index in [-0.39, 0.29) is 5.15 Å². The van der Waals surface area contributed by atoms with Gasteiger partial charge in [0, 0.05) is 59.3 Å². The maximum atomic E-state index is 12.2. The maximum absolute atomic E-state index is 12.2. The number of nitrogens with two attached hydrogens (primary N) is 1. The minimum absolute atomic E-state index is 0.177. The van der Waals surface area contributed by atoms with Crippen LogP contribution >= 0.6 is 11.6 Å². The van der Waals surface area contributed by atoms with Crippen LogP contribution in [-0.2, 0) is 9.47 Å². The van der Waals surface area contributed by atoms with Gasteiger partial charge in [0.2, 0.25) is 0 Å². The van der Waals surface area contributed by atoms with Gasteiger partial charge < -0.3 is 30.0 Å². The van der Waals surface area contributed by atoms with Crippen LogP contribution in [0.15, 0.2) is 146 Å². The van der Waals surface area contributed by atoms with E-state index >= 15 is 0 Å². The molecule has 308 valence electrons. The molecular formula is C48H43ClN6O6. The largest absolute Gasteiger partial charge is 0.496 e. The monoisotopic (exact) mass is 834 g/mol. The van der Waals surface area contributed by atoms with Crippen molar-refractivity contribution in [2.75, 3.05) is 38.5 Å². The molecule has 13 heteroatoms. The van der Waals surface area contributed by atoms with E-state index in [2.05, 4.69) is 31.3 Å². The van der Waals surface area contributed by atoms with Crippen molar-refractivity contribution in [2.24, 2.45) is 0 Å². The summed E-state index contributed by atoms with van der Waals surface area (Å²) in [7, 11) is 3.33. The number of anilines is 3. The molecule has 4 aromatic heterocycles. The molecule has 0 bridgehead atoms. The van der Waals surface area contributed by atoms with Gasteiger partial charge in [-0.3, -0.25) is 9.97 Å². The molecule has 0 aliphatic rings. The number of esters is 2. The number of hydrogen-bond donors (Lipinski definition) is 2. The molecule has 0 spiro atoms. The summed E-state index contributed by atoms with van der Waals surface area (Å²) in [4.78, 5) is 39.7. The minimum Gasteiger partial charge on any atom is -0.496 e. The predicted molar refractivity (Wildman–Crippen MR) is 241 cm³/mol. The van der Waals surface area contributed by atoms with Crippen LogP contribution in [0.5, 0.6) is 11.5 Å². The maximum Gasteiger partial charge on any atom is 0.341 e. The van der Waals surface area contributed by atoms with E-state index in [0.717, 1.165) is 66.7 Å². The third kappa shape index (κ3) is 10.5. The number of rotatable bonds is 10. The summed E-state index contributed by atoms with van der Waals surface area (Å²) >= 11 is 5.64. The molecule has 4 aromatic carbocycles. The second-order valence-electron chi connectivity index (χ2n) is 13.0. The van der Waals surface area contributed by atoms with Crippen LogP contribution in [-0.4, -0.2) is 59.3 Å². The number of ether oxygens (including phenoxy) is 4. The second kappa shape index (κ2) is 20.9. The Morgan fingerprint density at radius 1 is 0.590 bits per heavy atom. The summed E-state index contributed by atoms with van der Waals surface area (Å²) in [5.41, 5.74) is 12.5. The number of methoxy groups -OCH3 is 2. The average Bonchev–Trinajstić information content (AvgIpc) is 3.30. The number of carbonyl (C=O) groups is 2. The van der Waals surface area contributed by atoms with Crippen LogP contribution < -0.4 is 20.5 Å². The minimum atomic E-state index is -0.435. The third-order valence-electron chi connectivity index (χ3n) is 9.23. The van der Waals surface area contributed by atoms with Gasteiger partial charge in [-0.1, -0.05) is 48.0 Å². The zero-order valence-corrected chi connectivity index (χ0v) is 34.7. The van der Waals surface area contributed by atoms with Crippen molar-refractivity contribution in [3.63, 3.8) is 0 Å². The Bertz CT molecular complexity index is 2750. The van der Waals surface area contributed by atoms with Gasteiger partial charge in [-0.2, -0.15) is 0 Å². The summed E-state index contributed by atoms with van der Waals surface area (Å²) in [6.45, 7) is 4.17. The van der Waals surface area contributed by atoms with Gasteiger partial charge in [0.1, 0.15) is 28.0 Å². The Morgan fingerprint density at radius 2 is 1.08 bits per heavy atom. The SMILES string of the molecule is CCOC(=O)c1cccnc1Cl.CCOC(=O)c1cccnc1Nc1ccc(-c2ccc(OC)c3cnccc23)cc1.COc1ccc(-c2ccc(N)cc2)c2ccncc12. The highest BCUT2D eigenvalue weighted by molar-refractivity contribution is 6.32. The number of halogens is 1. The van der Waals surface area contributed by atoms with E-state index < -0.39 is 11.9 Å². The van der Waals surface area contributed by atoms with Crippen molar-refractivity contribution in [3.8, 4) is 33.8 Å². The number of benzene rings is 4. The molecule has 4 heterocycles. The Kier molecular flexibility index (Phi) is 14.7. The Morgan fingerprint density at radius 3 is 1.59 bits per heavy atom. The number of pyridine rings is 4. The van der Waals surface area contributed by atoms with Crippen LogP contribution in [0.3, 0.4) is 0 Å². The lowest BCUT2D eigenvalue weighted by Crippen LogP contribution is -2.09. The molecule has 0 unspecified atom stereocenters. The first-order chi connectivity index (χ1) is 29.8. The van der Waals surface area contributed by atoms with Crippen molar-refractivity contribution >= 4 is 62.3 Å². The zero-order chi connectivity index (χ0) is 43.1. The fraction of sp³-hybridized carbons (Fsp3) is 0.125. The predicted octanol–water partition coefficient (Wildman–Crippen LogP) is 10.6. The first-order valence-corrected chi connectivity index (χ1v) is 19.6. The lowest BCUT2D eigenvalue weighted by molar-refractivity contribution is 0.0517. The second-order valence-corrected chi connectivity index (χ2v) is 13.3. The van der Waals surface area contributed by atoms with Crippen molar-refractivity contribution in [1.29, 1.82) is 0 Å². The smallest absolute Gasteiger partial charge is 0.341 e. The van der Waals surface area contributed by atoms with E-state index in [1.807, 2.05) is 91.3 Å². The molecule has 0 aliphatic carbocycles. The van der Waals surface area contributed by atoms with Gasteiger partial charge in [-0.15, -0.1) is 0 Å². The standard InChI is InChI=1S/C24H21N3O3.C16H14N2O.C8H8ClNO2/c1-3-30-24(28)20-5-4-13-26-23(20)27-17-8-6-16(7-9-17)18-10-11-22(29-2)21-15-25-14-12-19(18)21;1-19-16-7-6-13(11-2-4-12(17)5-3-11)14-8-9-18-10-15(14)16;1-2-12-8(11)6-4-3-5-10-7(6)9/h4-15H,3H2,1-2H3,(H,26,27);2-10H,17H2,1H3;3-5H,2H2,1H3. The van der Waals surface area contributed by atoms with Crippen molar-refractivity contribution < 1.29 is 28.5 Å². The number of nitrogens with zero attached hydrogens (tertiary/aromatic N) is 4. The molecule has 0 saturated heterocycles. The van der Waals surface area contributed by atoms with Crippen LogP contribution in [0.25, 0.3) is 43.8 Å². The summed E-state index contributed by atoms with van der Waals surface area (Å²) < 4.78 is 20.7. The highest BCUT2D eigenvalue weighted by Crippen LogP contribution is 2.36. The molecule has 61 heavy (non-hydrogen) atoms. The van der Waals surface area contributed by atoms with Gasteiger partial charge in [-0.25, -0.2) is 19.6 Å². The zero-order valence-electron chi connectivity index (χ0n) is 34.0. The molecule has 8 rings (SSSR count). The molecule has 8 aromatic rings. The van der Waals surface area contributed by atoms with Crippen LogP contribution in [0, 0.1) is 0 Å². The number of carbonyl (C=O) groups excluding carboxylic acids is 2. The topological polar surface area (TPSA) is 161 Å². The molecule has 0 atom stereocenters. The highest BCUT2D eigenvalue weighted by Gasteiger charge is 2.15. The Labute approximate surface area is 358 Å². The summed E-state index contributed by atoms with van der Waals surface area (Å²) in [6.07, 6.45) is 10.4. The number of nitrogen functional groups attached to an aromatic ring is 1. The van der Waals surface area contributed by atoms with Gasteiger partial charge in [0.05, 0.1) is 33.0 Å². The fourth-order valence-electron chi connectivity index (χ4n) is 6.35. The van der Waals surface area contributed by atoms with Crippen molar-refractivity contribution in [1.82, 2.24) is 19.9 Å². The molecule has 0 saturated carbocycles. The van der Waals surface area contributed by atoms with Crippen LogP contribution in [0.4, 0.5) is 17.2 Å². The van der Waals surface area contributed by atoms with Gasteiger partial charge in [0.25, 0.3) is 0 Å². The average molecular weight is 835 g/mol. The molecule has 0 aliphatic heterocycles. The normalized spacial score (nSPS) is 10.4. The van der Waals surface area contributed by atoms with Crippen LogP contribution in [0.2, 0.25) is 5.15 Å². The molecule has 0 fully saturated rings. The molecule has 0 radical (unpaired) electrons. The van der Waals surface area contributed by atoms with E-state index in [1.165, 1.54) is 6.20 Å². The first kappa shape index (κ1) is 43.0. The van der Waals surface area contributed by atoms with Gasteiger partial charge in [-0.05, 0) is 120 Å². The summed E-state index contributed by atoms with van der Waals surface area (Å²) in [5, 5.41) is 7.55. The third-order valence-corrected chi connectivity index (χ3v) is 9.53. The van der Waals surface area contributed by atoms with Crippen molar-refractivity contribution in [2.45, 2.75) is 13.8 Å². The first-order valence-electron chi connectivity index (χ1n) is 19.2.